The van der Waals surface area contributed by atoms with Gasteiger partial charge in [0.25, 0.3) is 0 Å². The zero-order valence-corrected chi connectivity index (χ0v) is 11.6. The first-order valence-electron chi connectivity index (χ1n) is 6.96. The van der Waals surface area contributed by atoms with Crippen molar-refractivity contribution in [2.45, 2.75) is 31.0 Å². The van der Waals surface area contributed by atoms with E-state index in [0.717, 1.165) is 32.4 Å². The van der Waals surface area contributed by atoms with Crippen LogP contribution in [0, 0.1) is 0 Å². The largest absolute Gasteiger partial charge is 0.383 e. The predicted octanol–water partition coefficient (Wildman–Crippen LogP) is -0.323. The van der Waals surface area contributed by atoms with Crippen molar-refractivity contribution >= 4 is 5.91 Å². The van der Waals surface area contributed by atoms with Crippen LogP contribution in [0.25, 0.3) is 0 Å². The van der Waals surface area contributed by atoms with Crippen molar-refractivity contribution in [2.24, 2.45) is 0 Å². The fourth-order valence-corrected chi connectivity index (χ4v) is 2.68. The first-order chi connectivity index (χ1) is 9.24. The van der Waals surface area contributed by atoms with Gasteiger partial charge >= 0.3 is 0 Å². The molecular formula is C13H24N2O4. The van der Waals surface area contributed by atoms with Crippen molar-refractivity contribution in [3.05, 3.63) is 0 Å². The van der Waals surface area contributed by atoms with Gasteiger partial charge in [-0.2, -0.15) is 0 Å². The molecule has 2 heterocycles. The first kappa shape index (κ1) is 14.7. The Morgan fingerprint density at radius 1 is 1.47 bits per heavy atom. The SMILES string of the molecule is COCCNC(=O)COC1COC2(CCNCC2)C1. The van der Waals surface area contributed by atoms with Crippen molar-refractivity contribution < 1.29 is 19.0 Å². The molecule has 0 aromatic heterocycles. The topological polar surface area (TPSA) is 68.8 Å². The van der Waals surface area contributed by atoms with Crippen LogP contribution in [0.4, 0.5) is 0 Å². The third-order valence-electron chi connectivity index (χ3n) is 3.77. The van der Waals surface area contributed by atoms with Crippen LogP contribution in [-0.2, 0) is 19.0 Å². The number of carbonyl (C=O) groups is 1. The molecule has 1 atom stereocenters. The molecule has 0 aromatic carbocycles. The van der Waals surface area contributed by atoms with E-state index in [1.54, 1.807) is 7.11 Å². The van der Waals surface area contributed by atoms with Crippen molar-refractivity contribution in [1.29, 1.82) is 0 Å². The van der Waals surface area contributed by atoms with Gasteiger partial charge in [-0.25, -0.2) is 0 Å². The van der Waals surface area contributed by atoms with Gasteiger partial charge < -0.3 is 24.8 Å². The van der Waals surface area contributed by atoms with Gasteiger partial charge in [-0.15, -0.1) is 0 Å². The van der Waals surface area contributed by atoms with E-state index in [4.69, 9.17) is 14.2 Å². The highest BCUT2D eigenvalue weighted by Crippen LogP contribution is 2.34. The second-order valence-corrected chi connectivity index (χ2v) is 5.22. The molecule has 2 N–H and O–H groups in total. The Labute approximate surface area is 114 Å². The van der Waals surface area contributed by atoms with E-state index < -0.39 is 0 Å². The van der Waals surface area contributed by atoms with E-state index in [1.165, 1.54) is 0 Å². The van der Waals surface area contributed by atoms with Crippen LogP contribution in [-0.4, -0.2) is 64.2 Å². The van der Waals surface area contributed by atoms with Gasteiger partial charge in [-0.3, -0.25) is 4.79 Å². The van der Waals surface area contributed by atoms with Crippen LogP contribution in [0.3, 0.4) is 0 Å². The minimum Gasteiger partial charge on any atom is -0.383 e. The molecule has 1 spiro atoms. The fourth-order valence-electron chi connectivity index (χ4n) is 2.68. The molecule has 19 heavy (non-hydrogen) atoms. The number of piperidine rings is 1. The molecule has 1 unspecified atom stereocenters. The summed E-state index contributed by atoms with van der Waals surface area (Å²) < 4.78 is 16.4. The molecule has 2 fully saturated rings. The minimum atomic E-state index is -0.0942. The Morgan fingerprint density at radius 2 is 2.26 bits per heavy atom. The first-order valence-corrected chi connectivity index (χ1v) is 6.96. The number of hydrogen-bond donors (Lipinski definition) is 2. The Bertz CT molecular complexity index is 292. The van der Waals surface area contributed by atoms with E-state index in [-0.39, 0.29) is 24.2 Å². The number of amides is 1. The van der Waals surface area contributed by atoms with Crippen molar-refractivity contribution in [2.75, 3.05) is 46.6 Å². The van der Waals surface area contributed by atoms with Crippen LogP contribution >= 0.6 is 0 Å². The molecule has 110 valence electrons. The van der Waals surface area contributed by atoms with Gasteiger partial charge in [-0.1, -0.05) is 0 Å². The lowest BCUT2D eigenvalue weighted by Gasteiger charge is -2.32. The molecule has 2 rings (SSSR count). The van der Waals surface area contributed by atoms with Gasteiger partial charge in [0.15, 0.2) is 0 Å². The summed E-state index contributed by atoms with van der Waals surface area (Å²) in [6, 6.07) is 0. The highest BCUT2D eigenvalue weighted by molar-refractivity contribution is 5.77. The van der Waals surface area contributed by atoms with Gasteiger partial charge in [0.1, 0.15) is 6.61 Å². The van der Waals surface area contributed by atoms with E-state index in [9.17, 15) is 4.79 Å². The number of rotatable bonds is 6. The van der Waals surface area contributed by atoms with E-state index in [2.05, 4.69) is 10.6 Å². The van der Waals surface area contributed by atoms with E-state index in [1.807, 2.05) is 0 Å². The van der Waals surface area contributed by atoms with Crippen molar-refractivity contribution in [3.8, 4) is 0 Å². The summed E-state index contributed by atoms with van der Waals surface area (Å²) in [5.74, 6) is -0.0942. The monoisotopic (exact) mass is 272 g/mol. The van der Waals surface area contributed by atoms with E-state index >= 15 is 0 Å². The summed E-state index contributed by atoms with van der Waals surface area (Å²) in [7, 11) is 1.61. The lowest BCUT2D eigenvalue weighted by atomic mass is 9.89. The summed E-state index contributed by atoms with van der Waals surface area (Å²) in [5.41, 5.74) is -0.0115. The van der Waals surface area contributed by atoms with Gasteiger partial charge in [-0.05, 0) is 25.9 Å². The quantitative estimate of drug-likeness (QED) is 0.648. The molecule has 0 aromatic rings. The molecule has 0 bridgehead atoms. The molecule has 6 heteroatoms. The van der Waals surface area contributed by atoms with Crippen LogP contribution < -0.4 is 10.6 Å². The Kier molecular flexibility index (Phi) is 5.57. The smallest absolute Gasteiger partial charge is 0.246 e. The molecule has 0 saturated carbocycles. The minimum absolute atomic E-state index is 0.0115. The van der Waals surface area contributed by atoms with Crippen LogP contribution in [0.15, 0.2) is 0 Å². The maximum Gasteiger partial charge on any atom is 0.246 e. The maximum atomic E-state index is 11.5. The summed E-state index contributed by atoms with van der Waals surface area (Å²) >= 11 is 0. The molecule has 2 saturated heterocycles. The Hall–Kier alpha value is -0.690. The normalized spacial score (nSPS) is 25.6. The Balaban J connectivity index is 1.63. The molecule has 1 amide bonds. The molecule has 6 nitrogen and oxygen atoms in total. The molecule has 0 aliphatic carbocycles. The average molecular weight is 272 g/mol. The second-order valence-electron chi connectivity index (χ2n) is 5.22. The molecular weight excluding hydrogens is 248 g/mol. The number of ether oxygens (including phenoxy) is 3. The lowest BCUT2D eigenvalue weighted by molar-refractivity contribution is -0.127. The van der Waals surface area contributed by atoms with Gasteiger partial charge in [0.05, 0.1) is 24.9 Å². The second kappa shape index (κ2) is 7.19. The number of nitrogens with one attached hydrogen (secondary N) is 2. The zero-order chi connectivity index (χ0) is 13.6. The van der Waals surface area contributed by atoms with Crippen molar-refractivity contribution in [1.82, 2.24) is 10.6 Å². The summed E-state index contributed by atoms with van der Waals surface area (Å²) in [4.78, 5) is 11.5. The lowest BCUT2D eigenvalue weighted by Crippen LogP contribution is -2.41. The van der Waals surface area contributed by atoms with Crippen molar-refractivity contribution in [3.63, 3.8) is 0 Å². The summed E-state index contributed by atoms with van der Waals surface area (Å²) in [6.07, 6.45) is 3.02. The number of hydrogen-bond acceptors (Lipinski definition) is 5. The third-order valence-corrected chi connectivity index (χ3v) is 3.77. The number of carbonyl (C=O) groups excluding carboxylic acids is 1. The average Bonchev–Trinajstić information content (AvgIpc) is 2.81. The fraction of sp³-hybridized carbons (Fsp3) is 0.923. The van der Waals surface area contributed by atoms with E-state index in [0.29, 0.717) is 19.8 Å². The standard InChI is InChI=1S/C13H24N2O4/c1-17-7-6-15-12(16)10-18-11-8-13(19-9-11)2-4-14-5-3-13/h11,14H,2-10H2,1H3,(H,15,16). The number of methoxy groups -OCH3 is 1. The highest BCUT2D eigenvalue weighted by atomic mass is 16.6. The van der Waals surface area contributed by atoms with Gasteiger partial charge in [0, 0.05) is 20.1 Å². The van der Waals surface area contributed by atoms with Crippen LogP contribution in [0.5, 0.6) is 0 Å². The molecule has 2 aliphatic rings. The van der Waals surface area contributed by atoms with Crippen LogP contribution in [0.2, 0.25) is 0 Å². The zero-order valence-electron chi connectivity index (χ0n) is 11.6. The highest BCUT2D eigenvalue weighted by Gasteiger charge is 2.41. The molecule has 2 aliphatic heterocycles. The Morgan fingerprint density at radius 3 is 3.00 bits per heavy atom. The maximum absolute atomic E-state index is 11.5. The third kappa shape index (κ3) is 4.42. The molecule has 0 radical (unpaired) electrons. The summed E-state index contributed by atoms with van der Waals surface area (Å²) in [5, 5.41) is 6.07. The van der Waals surface area contributed by atoms with Crippen LogP contribution in [0.1, 0.15) is 19.3 Å². The summed E-state index contributed by atoms with van der Waals surface area (Å²) in [6.45, 7) is 3.76. The predicted molar refractivity (Wildman–Crippen MR) is 70.0 cm³/mol. The van der Waals surface area contributed by atoms with Gasteiger partial charge in [0.2, 0.25) is 5.91 Å².